The maximum Gasteiger partial charge on any atom is 0.306 e. The highest BCUT2D eigenvalue weighted by molar-refractivity contribution is 5.71. The second kappa shape index (κ2) is 60.7. The lowest BCUT2D eigenvalue weighted by atomic mass is 10.1. The van der Waals surface area contributed by atoms with Gasteiger partial charge in [-0.1, -0.05) is 261 Å². The quantitative estimate of drug-likeness (QED) is 0.0261. The fourth-order valence-corrected chi connectivity index (χ4v) is 9.04. The van der Waals surface area contributed by atoms with Crippen molar-refractivity contribution in [2.75, 3.05) is 13.2 Å². The Balaban J connectivity index is 4.36. The van der Waals surface area contributed by atoms with E-state index in [4.69, 9.17) is 14.2 Å². The molecular weight excluding hydrogens is 889 g/mol. The Hall–Kier alpha value is -2.89. The molecule has 0 fully saturated rings. The van der Waals surface area contributed by atoms with Gasteiger partial charge in [0.25, 0.3) is 0 Å². The van der Waals surface area contributed by atoms with Crippen LogP contribution < -0.4 is 0 Å². The number of rotatable bonds is 57. The number of allylic oxidation sites excluding steroid dienone is 10. The van der Waals surface area contributed by atoms with E-state index in [9.17, 15) is 14.4 Å². The Morgan fingerprint density at radius 1 is 0.292 bits per heavy atom. The van der Waals surface area contributed by atoms with Gasteiger partial charge in [-0.05, 0) is 103 Å². The van der Waals surface area contributed by atoms with Crippen LogP contribution in [0.2, 0.25) is 0 Å². The van der Waals surface area contributed by atoms with Gasteiger partial charge in [-0.3, -0.25) is 14.4 Å². The molecule has 0 amide bonds. The maximum atomic E-state index is 12.9. The molecule has 0 aliphatic rings. The first-order valence-corrected chi connectivity index (χ1v) is 31.3. The summed E-state index contributed by atoms with van der Waals surface area (Å²) in [7, 11) is 0. The number of esters is 3. The van der Waals surface area contributed by atoms with Crippen molar-refractivity contribution in [1.82, 2.24) is 0 Å². The molecule has 0 aromatic rings. The molecule has 0 radical (unpaired) electrons. The van der Waals surface area contributed by atoms with Gasteiger partial charge in [0.2, 0.25) is 0 Å². The van der Waals surface area contributed by atoms with Crippen molar-refractivity contribution in [3.8, 4) is 0 Å². The summed E-state index contributed by atoms with van der Waals surface area (Å²) < 4.78 is 16.9. The number of hydrogen-bond donors (Lipinski definition) is 0. The van der Waals surface area contributed by atoms with E-state index in [0.29, 0.717) is 19.3 Å². The molecule has 6 nitrogen and oxygen atoms in total. The van der Waals surface area contributed by atoms with E-state index in [-0.39, 0.29) is 31.1 Å². The summed E-state index contributed by atoms with van der Waals surface area (Å²) in [5.41, 5.74) is 0. The Kier molecular flexibility index (Phi) is 58.2. The normalized spacial score (nSPS) is 12.4. The first-order chi connectivity index (χ1) is 35.5. The summed E-state index contributed by atoms with van der Waals surface area (Å²) in [6.45, 7) is 6.55. The standard InChI is InChI=1S/C66H118O6/c1-4-7-10-13-16-19-22-25-28-30-32-33-34-36-38-41-44-47-50-53-56-59-65(68)71-62-63(61-70-64(67)58-55-52-49-46-43-40-37-27-24-21-18-15-12-9-6-3)72-66(69)60-57-54-51-48-45-42-39-35-31-29-26-23-20-17-14-11-8-5-2/h9,12,18,21,27,29-32,37,63H,4-8,10-11,13-17,19-20,22-26,28,33-36,38-62H2,1-3H3/b12-9-,21-18-,31-29-,32-30-,37-27-. The van der Waals surface area contributed by atoms with Crippen LogP contribution in [0.3, 0.4) is 0 Å². The highest BCUT2D eigenvalue weighted by Crippen LogP contribution is 2.16. The van der Waals surface area contributed by atoms with Gasteiger partial charge < -0.3 is 14.2 Å². The Morgan fingerprint density at radius 2 is 0.542 bits per heavy atom. The van der Waals surface area contributed by atoms with Gasteiger partial charge in [-0.2, -0.15) is 0 Å². The lowest BCUT2D eigenvalue weighted by Crippen LogP contribution is -2.30. The summed E-state index contributed by atoms with van der Waals surface area (Å²) in [5, 5.41) is 0. The maximum absolute atomic E-state index is 12.9. The number of unbranched alkanes of at least 4 members (excludes halogenated alkanes) is 36. The molecule has 0 saturated heterocycles. The van der Waals surface area contributed by atoms with Crippen molar-refractivity contribution in [2.24, 2.45) is 0 Å². The third-order valence-electron chi connectivity index (χ3n) is 13.7. The highest BCUT2D eigenvalue weighted by atomic mass is 16.6. The Labute approximate surface area is 447 Å². The molecule has 1 unspecified atom stereocenters. The molecule has 0 bridgehead atoms. The minimum Gasteiger partial charge on any atom is -0.462 e. The molecule has 72 heavy (non-hydrogen) atoms. The van der Waals surface area contributed by atoms with Crippen LogP contribution in [0.1, 0.15) is 323 Å². The fraction of sp³-hybridized carbons (Fsp3) is 0.803. The fourth-order valence-electron chi connectivity index (χ4n) is 9.04. The van der Waals surface area contributed by atoms with Crippen LogP contribution in [0, 0.1) is 0 Å². The summed E-state index contributed by atoms with van der Waals surface area (Å²) in [5.74, 6) is -0.890. The first kappa shape index (κ1) is 69.1. The molecular formula is C66H118O6. The van der Waals surface area contributed by atoms with Crippen molar-refractivity contribution in [1.29, 1.82) is 0 Å². The van der Waals surface area contributed by atoms with Crippen molar-refractivity contribution in [3.05, 3.63) is 60.8 Å². The van der Waals surface area contributed by atoms with Gasteiger partial charge in [0.1, 0.15) is 13.2 Å². The molecule has 0 rings (SSSR count). The van der Waals surface area contributed by atoms with E-state index in [2.05, 4.69) is 81.5 Å². The minimum atomic E-state index is -0.785. The van der Waals surface area contributed by atoms with Gasteiger partial charge in [-0.25, -0.2) is 0 Å². The van der Waals surface area contributed by atoms with Gasteiger partial charge in [0, 0.05) is 19.3 Å². The minimum absolute atomic E-state index is 0.0811. The molecule has 1 atom stereocenters. The zero-order chi connectivity index (χ0) is 52.2. The van der Waals surface area contributed by atoms with Crippen LogP contribution in [0.25, 0.3) is 0 Å². The third-order valence-corrected chi connectivity index (χ3v) is 13.7. The second-order valence-electron chi connectivity index (χ2n) is 20.9. The average molecular weight is 1010 g/mol. The average Bonchev–Trinajstić information content (AvgIpc) is 3.38. The Bertz CT molecular complexity index is 1290. The van der Waals surface area contributed by atoms with E-state index in [1.165, 1.54) is 186 Å². The molecule has 6 heteroatoms. The van der Waals surface area contributed by atoms with E-state index >= 15 is 0 Å². The van der Waals surface area contributed by atoms with Gasteiger partial charge >= 0.3 is 17.9 Å². The van der Waals surface area contributed by atoms with Crippen LogP contribution in [0.4, 0.5) is 0 Å². The van der Waals surface area contributed by atoms with Crippen LogP contribution in [-0.4, -0.2) is 37.2 Å². The summed E-state index contributed by atoms with van der Waals surface area (Å²) in [6, 6.07) is 0. The lowest BCUT2D eigenvalue weighted by molar-refractivity contribution is -0.167. The monoisotopic (exact) mass is 1010 g/mol. The van der Waals surface area contributed by atoms with Crippen LogP contribution in [0.5, 0.6) is 0 Å². The zero-order valence-electron chi connectivity index (χ0n) is 47.9. The number of ether oxygens (including phenoxy) is 3. The zero-order valence-corrected chi connectivity index (χ0v) is 47.9. The smallest absolute Gasteiger partial charge is 0.306 e. The van der Waals surface area contributed by atoms with Crippen LogP contribution in [0.15, 0.2) is 60.8 Å². The molecule has 418 valence electrons. The van der Waals surface area contributed by atoms with Crippen molar-refractivity contribution in [3.63, 3.8) is 0 Å². The lowest BCUT2D eigenvalue weighted by Gasteiger charge is -2.18. The van der Waals surface area contributed by atoms with Crippen LogP contribution >= 0.6 is 0 Å². The summed E-state index contributed by atoms with van der Waals surface area (Å²) in [6.07, 6.45) is 76.5. The third kappa shape index (κ3) is 58.0. The summed E-state index contributed by atoms with van der Waals surface area (Å²) >= 11 is 0. The first-order valence-electron chi connectivity index (χ1n) is 31.3. The van der Waals surface area contributed by atoms with E-state index < -0.39 is 6.10 Å². The Morgan fingerprint density at radius 3 is 0.861 bits per heavy atom. The number of carbonyl (C=O) groups excluding carboxylic acids is 3. The molecule has 0 saturated carbocycles. The molecule has 0 aliphatic heterocycles. The van der Waals surface area contributed by atoms with Crippen molar-refractivity contribution in [2.45, 2.75) is 329 Å². The van der Waals surface area contributed by atoms with Gasteiger partial charge in [0.05, 0.1) is 0 Å². The predicted molar refractivity (Wildman–Crippen MR) is 312 cm³/mol. The number of hydrogen-bond acceptors (Lipinski definition) is 6. The van der Waals surface area contributed by atoms with Crippen molar-refractivity contribution >= 4 is 17.9 Å². The largest absolute Gasteiger partial charge is 0.462 e. The molecule has 0 aromatic heterocycles. The highest BCUT2D eigenvalue weighted by Gasteiger charge is 2.19. The second-order valence-corrected chi connectivity index (χ2v) is 20.9. The van der Waals surface area contributed by atoms with Gasteiger partial charge in [0.15, 0.2) is 6.10 Å². The molecule has 0 N–H and O–H groups in total. The van der Waals surface area contributed by atoms with Crippen LogP contribution in [-0.2, 0) is 28.6 Å². The summed E-state index contributed by atoms with van der Waals surface area (Å²) in [4.78, 5) is 38.3. The molecule has 0 aliphatic carbocycles. The molecule has 0 spiro atoms. The molecule has 0 aromatic carbocycles. The topological polar surface area (TPSA) is 78.9 Å². The number of carbonyl (C=O) groups is 3. The predicted octanol–water partition coefficient (Wildman–Crippen LogP) is 21.2. The van der Waals surface area contributed by atoms with Gasteiger partial charge in [-0.15, -0.1) is 0 Å². The van der Waals surface area contributed by atoms with E-state index in [1.54, 1.807) is 0 Å². The van der Waals surface area contributed by atoms with E-state index in [0.717, 1.165) is 96.3 Å². The van der Waals surface area contributed by atoms with Crippen molar-refractivity contribution < 1.29 is 28.6 Å². The molecule has 0 heterocycles. The van der Waals surface area contributed by atoms with E-state index in [1.807, 2.05) is 0 Å². The SMILES string of the molecule is CC/C=C\C/C=C\C/C=C\CCCCCCCC(=O)OCC(COC(=O)CCCCCCCCCCC/C=C\CCCCCCCCCC)OC(=O)CCCCCCCCC/C=C\CCCCCCCCC.